The summed E-state index contributed by atoms with van der Waals surface area (Å²) in [5.41, 5.74) is 6.71. The van der Waals surface area contributed by atoms with Crippen molar-refractivity contribution in [3.63, 3.8) is 0 Å². The van der Waals surface area contributed by atoms with Gasteiger partial charge in [-0.05, 0) is 104 Å². The van der Waals surface area contributed by atoms with Crippen LogP contribution in [0, 0.1) is 6.92 Å². The fourth-order valence-electron chi connectivity index (χ4n) is 5.70. The number of aryl methyl sites for hydroxylation is 2. The predicted molar refractivity (Wildman–Crippen MR) is 205 cm³/mol. The van der Waals surface area contributed by atoms with Gasteiger partial charge in [-0.2, -0.15) is 0 Å². The number of aliphatic carboxylic acids is 1. The number of rotatable bonds is 30. The maximum atomic E-state index is 13.6. The van der Waals surface area contributed by atoms with E-state index in [-0.39, 0.29) is 11.8 Å². The van der Waals surface area contributed by atoms with Crippen molar-refractivity contribution in [2.75, 3.05) is 59.3 Å². The fraction of sp³-hybridized carbons (Fsp3) is 0.750. The Labute approximate surface area is 308 Å². The zero-order valence-electron chi connectivity index (χ0n) is 32.9. The molecule has 0 saturated heterocycles. The lowest BCUT2D eigenvalue weighted by Gasteiger charge is -2.42. The number of carboxylic acid groups (broad SMARTS) is 1. The fourth-order valence-corrected chi connectivity index (χ4v) is 5.70. The van der Waals surface area contributed by atoms with Crippen molar-refractivity contribution in [2.45, 2.75) is 136 Å². The third kappa shape index (κ3) is 20.1. The molecule has 0 bridgehead atoms. The SMILES string of the molecule is CCCOCCN(C(=O)CCCCC=NCCCCC(N)C(=O)O)C(C)(C)COCC(C)(C)N(CCOCCC)C(=O)CCc1ccc(C)cc1. The quantitative estimate of drug-likeness (QED) is 0.0705. The van der Waals surface area contributed by atoms with E-state index in [1.165, 1.54) is 5.56 Å². The van der Waals surface area contributed by atoms with Crippen molar-refractivity contribution < 1.29 is 33.7 Å². The first kappa shape index (κ1) is 46.2. The highest BCUT2D eigenvalue weighted by Crippen LogP contribution is 2.22. The zero-order valence-corrected chi connectivity index (χ0v) is 32.9. The minimum absolute atomic E-state index is 0.0654. The smallest absolute Gasteiger partial charge is 0.320 e. The second-order valence-electron chi connectivity index (χ2n) is 14.7. The van der Waals surface area contributed by atoms with Gasteiger partial charge in [0.25, 0.3) is 0 Å². The Balaban J connectivity index is 2.75. The standard InChI is InChI=1S/C40H70N4O7/c1-8-27-49-29-25-43(36(45)16-11-10-13-23-42-24-14-12-15-35(41)38(47)48)39(4,5)31-51-32-40(6,7)44(26-30-50-28-9-2)37(46)22-21-34-19-17-33(3)18-20-34/h17-20,23,35H,8-16,21-22,24-32,41H2,1-7H3,(H,47,48). The molecule has 11 nitrogen and oxygen atoms in total. The van der Waals surface area contributed by atoms with Gasteiger partial charge >= 0.3 is 5.97 Å². The molecule has 1 atom stereocenters. The van der Waals surface area contributed by atoms with E-state index in [2.05, 4.69) is 50.0 Å². The molecular weight excluding hydrogens is 648 g/mol. The van der Waals surface area contributed by atoms with Crippen LogP contribution in [0.2, 0.25) is 0 Å². The third-order valence-corrected chi connectivity index (χ3v) is 8.81. The number of hydrogen-bond donors (Lipinski definition) is 2. The molecule has 2 amide bonds. The maximum Gasteiger partial charge on any atom is 0.320 e. The molecule has 11 heteroatoms. The zero-order chi connectivity index (χ0) is 38.1. The number of carbonyl (C=O) groups excluding carboxylic acids is 2. The van der Waals surface area contributed by atoms with Crippen molar-refractivity contribution in [3.8, 4) is 0 Å². The van der Waals surface area contributed by atoms with Gasteiger partial charge in [-0.3, -0.25) is 19.4 Å². The number of unbranched alkanes of at least 4 members (excludes halogenated alkanes) is 3. The van der Waals surface area contributed by atoms with Crippen LogP contribution in [0.15, 0.2) is 29.3 Å². The molecule has 292 valence electrons. The Hall–Kier alpha value is -2.86. The molecule has 0 aromatic heterocycles. The molecule has 0 aliphatic carbocycles. The summed E-state index contributed by atoms with van der Waals surface area (Å²) in [5, 5.41) is 8.87. The number of benzene rings is 1. The topological polar surface area (TPSA) is 144 Å². The van der Waals surface area contributed by atoms with E-state index < -0.39 is 23.1 Å². The van der Waals surface area contributed by atoms with Crippen molar-refractivity contribution in [1.82, 2.24) is 9.80 Å². The molecule has 0 radical (unpaired) electrons. The van der Waals surface area contributed by atoms with Gasteiger partial charge in [-0.15, -0.1) is 0 Å². The molecule has 0 aliphatic heterocycles. The summed E-state index contributed by atoms with van der Waals surface area (Å²) in [6.45, 7) is 18.8. The normalized spacial score (nSPS) is 12.7. The second-order valence-corrected chi connectivity index (χ2v) is 14.7. The van der Waals surface area contributed by atoms with Crippen LogP contribution >= 0.6 is 0 Å². The van der Waals surface area contributed by atoms with E-state index in [1.54, 1.807) is 0 Å². The second kappa shape index (κ2) is 26.0. The molecule has 1 rings (SSSR count). The monoisotopic (exact) mass is 719 g/mol. The van der Waals surface area contributed by atoms with Crippen LogP contribution in [0.25, 0.3) is 0 Å². The van der Waals surface area contributed by atoms with Crippen LogP contribution in [0.5, 0.6) is 0 Å². The van der Waals surface area contributed by atoms with E-state index in [9.17, 15) is 14.4 Å². The Kier molecular flexibility index (Phi) is 23.5. The van der Waals surface area contributed by atoms with Crippen molar-refractivity contribution >= 4 is 24.0 Å². The highest BCUT2D eigenvalue weighted by Gasteiger charge is 2.34. The molecule has 1 aromatic rings. The van der Waals surface area contributed by atoms with E-state index in [4.69, 9.17) is 25.1 Å². The van der Waals surface area contributed by atoms with E-state index in [1.807, 2.05) is 43.7 Å². The van der Waals surface area contributed by atoms with Gasteiger partial charge in [0.15, 0.2) is 0 Å². The molecule has 0 saturated carbocycles. The number of carbonyl (C=O) groups is 3. The van der Waals surface area contributed by atoms with Crippen LogP contribution in [0.4, 0.5) is 0 Å². The highest BCUT2D eigenvalue weighted by molar-refractivity contribution is 5.77. The first-order valence-corrected chi connectivity index (χ1v) is 19.1. The van der Waals surface area contributed by atoms with Crippen molar-refractivity contribution in [2.24, 2.45) is 10.7 Å². The number of hydrogen-bond acceptors (Lipinski definition) is 8. The molecule has 0 fully saturated rings. The maximum absolute atomic E-state index is 13.6. The first-order valence-electron chi connectivity index (χ1n) is 19.1. The van der Waals surface area contributed by atoms with Gasteiger partial charge in [0.1, 0.15) is 6.04 Å². The van der Waals surface area contributed by atoms with Crippen LogP contribution < -0.4 is 5.73 Å². The molecular formula is C40H70N4O7. The molecule has 3 N–H and O–H groups in total. The van der Waals surface area contributed by atoms with Gasteiger partial charge < -0.3 is 34.9 Å². The third-order valence-electron chi connectivity index (χ3n) is 8.81. The van der Waals surface area contributed by atoms with Crippen LogP contribution in [-0.4, -0.2) is 115 Å². The van der Waals surface area contributed by atoms with Gasteiger partial charge in [-0.1, -0.05) is 43.7 Å². The van der Waals surface area contributed by atoms with Gasteiger partial charge in [0.05, 0.1) is 37.5 Å². The van der Waals surface area contributed by atoms with Gasteiger partial charge in [0.2, 0.25) is 11.8 Å². The molecule has 0 heterocycles. The number of aliphatic imine (C=N–C) groups is 1. The summed E-state index contributed by atoms with van der Waals surface area (Å²) in [4.78, 5) is 46.2. The Morgan fingerprint density at radius 2 is 1.35 bits per heavy atom. The summed E-state index contributed by atoms with van der Waals surface area (Å²) in [6, 6.07) is 7.50. The summed E-state index contributed by atoms with van der Waals surface area (Å²) in [6.07, 6.45) is 9.58. The average Bonchev–Trinajstić information content (AvgIpc) is 3.07. The summed E-state index contributed by atoms with van der Waals surface area (Å²) < 4.78 is 17.9. The molecule has 51 heavy (non-hydrogen) atoms. The van der Waals surface area contributed by atoms with Crippen LogP contribution in [0.1, 0.15) is 117 Å². The van der Waals surface area contributed by atoms with E-state index >= 15 is 0 Å². The average molecular weight is 719 g/mol. The van der Waals surface area contributed by atoms with E-state index in [0.717, 1.165) is 50.5 Å². The Morgan fingerprint density at radius 3 is 1.88 bits per heavy atom. The minimum Gasteiger partial charge on any atom is -0.480 e. The van der Waals surface area contributed by atoms with Gasteiger partial charge in [0, 0.05) is 45.7 Å². The van der Waals surface area contributed by atoms with Crippen LogP contribution in [-0.2, 0) is 35.0 Å². The minimum atomic E-state index is -0.968. The summed E-state index contributed by atoms with van der Waals surface area (Å²) in [7, 11) is 0. The predicted octanol–water partition coefficient (Wildman–Crippen LogP) is 6.23. The molecule has 1 aromatic carbocycles. The van der Waals surface area contributed by atoms with Crippen molar-refractivity contribution in [3.05, 3.63) is 35.4 Å². The molecule has 1 unspecified atom stereocenters. The van der Waals surface area contributed by atoms with Crippen LogP contribution in [0.3, 0.4) is 0 Å². The number of nitrogens with zero attached hydrogens (tertiary/aromatic N) is 3. The Bertz CT molecular complexity index is 1140. The largest absolute Gasteiger partial charge is 0.480 e. The lowest BCUT2D eigenvalue weighted by molar-refractivity contribution is -0.144. The molecule has 0 spiro atoms. The molecule has 0 aliphatic rings. The summed E-state index contributed by atoms with van der Waals surface area (Å²) in [5.74, 6) is -0.834. The number of ether oxygens (including phenoxy) is 3. The Morgan fingerprint density at radius 1 is 0.804 bits per heavy atom. The number of amides is 2. The lowest BCUT2D eigenvalue weighted by Crippen LogP contribution is -2.55. The first-order chi connectivity index (χ1) is 24.2. The number of carboxylic acids is 1. The lowest BCUT2D eigenvalue weighted by atomic mass is 10.0. The van der Waals surface area contributed by atoms with Gasteiger partial charge in [-0.25, -0.2) is 0 Å². The number of nitrogens with two attached hydrogens (primary N) is 1. The highest BCUT2D eigenvalue weighted by atomic mass is 16.5. The summed E-state index contributed by atoms with van der Waals surface area (Å²) >= 11 is 0. The van der Waals surface area contributed by atoms with E-state index in [0.29, 0.717) is 85.0 Å². The van der Waals surface area contributed by atoms with Crippen molar-refractivity contribution in [1.29, 1.82) is 0 Å².